The minimum absolute atomic E-state index is 0.0581. The summed E-state index contributed by atoms with van der Waals surface area (Å²) in [6.07, 6.45) is 0. The minimum atomic E-state index is -0.498. The molecule has 0 aliphatic heterocycles. The number of amides is 3. The fourth-order valence-electron chi connectivity index (χ4n) is 3.04. The molecule has 0 saturated heterocycles. The number of aryl methyl sites for hydroxylation is 1. The van der Waals surface area contributed by atoms with Crippen molar-refractivity contribution in [1.29, 1.82) is 0 Å². The molecule has 0 bridgehead atoms. The number of hydrogen-bond donors (Lipinski definition) is 4. The molecule has 0 unspecified atom stereocenters. The van der Waals surface area contributed by atoms with Gasteiger partial charge in [0.15, 0.2) is 0 Å². The highest BCUT2D eigenvalue weighted by molar-refractivity contribution is 6.04. The lowest BCUT2D eigenvalue weighted by atomic mass is 9.95. The molecule has 0 aliphatic rings. The molecule has 0 heterocycles. The third kappa shape index (κ3) is 7.20. The third-order valence-corrected chi connectivity index (χ3v) is 4.96. The van der Waals surface area contributed by atoms with Gasteiger partial charge in [-0.2, -0.15) is 0 Å². The molecule has 34 heavy (non-hydrogen) atoms. The van der Waals surface area contributed by atoms with Crippen LogP contribution in [0.1, 0.15) is 36.7 Å². The van der Waals surface area contributed by atoms with E-state index in [1.165, 1.54) is 0 Å². The van der Waals surface area contributed by atoms with Crippen LogP contribution >= 0.6 is 0 Å². The van der Waals surface area contributed by atoms with Gasteiger partial charge in [0.05, 0.1) is 6.54 Å². The zero-order valence-electron chi connectivity index (χ0n) is 19.9. The maximum atomic E-state index is 12.4. The molecule has 0 fully saturated rings. The van der Waals surface area contributed by atoms with Crippen LogP contribution in [0, 0.1) is 12.3 Å². The first kappa shape index (κ1) is 24.5. The SMILES string of the molecule is Cc1cccc(C(=O)Nc2ccc(NC(=O)CNc3cccc(NC(=O)C(C)(C)C)c3)cc2)c1. The smallest absolute Gasteiger partial charge is 0.255 e. The topological polar surface area (TPSA) is 99.3 Å². The van der Waals surface area contributed by atoms with Gasteiger partial charge in [-0.1, -0.05) is 44.5 Å². The van der Waals surface area contributed by atoms with E-state index in [4.69, 9.17) is 0 Å². The first-order chi connectivity index (χ1) is 16.1. The molecule has 0 aromatic heterocycles. The Hall–Kier alpha value is -4.13. The van der Waals surface area contributed by atoms with Crippen molar-refractivity contribution in [2.75, 3.05) is 27.8 Å². The van der Waals surface area contributed by atoms with E-state index >= 15 is 0 Å². The van der Waals surface area contributed by atoms with E-state index in [-0.39, 0.29) is 24.3 Å². The van der Waals surface area contributed by atoms with Gasteiger partial charge in [-0.3, -0.25) is 14.4 Å². The van der Waals surface area contributed by atoms with Crippen molar-refractivity contribution >= 4 is 40.5 Å². The summed E-state index contributed by atoms with van der Waals surface area (Å²) in [6.45, 7) is 7.53. The lowest BCUT2D eigenvalue weighted by Gasteiger charge is -2.18. The van der Waals surface area contributed by atoms with Crippen molar-refractivity contribution in [2.45, 2.75) is 27.7 Å². The normalized spacial score (nSPS) is 10.8. The summed E-state index contributed by atoms with van der Waals surface area (Å²) < 4.78 is 0. The average Bonchev–Trinajstić information content (AvgIpc) is 2.78. The largest absolute Gasteiger partial charge is 0.376 e. The maximum absolute atomic E-state index is 12.4. The van der Waals surface area contributed by atoms with Crippen LogP contribution in [-0.2, 0) is 9.59 Å². The molecule has 3 aromatic carbocycles. The maximum Gasteiger partial charge on any atom is 0.255 e. The lowest BCUT2D eigenvalue weighted by Crippen LogP contribution is -2.27. The first-order valence-electron chi connectivity index (χ1n) is 11.0. The Kier molecular flexibility index (Phi) is 7.68. The van der Waals surface area contributed by atoms with Gasteiger partial charge in [0, 0.05) is 33.7 Å². The molecule has 0 aliphatic carbocycles. The summed E-state index contributed by atoms with van der Waals surface area (Å²) in [5, 5.41) is 11.6. The van der Waals surface area contributed by atoms with Crippen LogP contribution in [0.4, 0.5) is 22.7 Å². The molecule has 3 amide bonds. The van der Waals surface area contributed by atoms with Crippen LogP contribution in [0.15, 0.2) is 72.8 Å². The summed E-state index contributed by atoms with van der Waals surface area (Å²) in [6, 6.07) is 21.5. The Morgan fingerprint density at radius 3 is 1.97 bits per heavy atom. The van der Waals surface area contributed by atoms with Crippen LogP contribution in [0.3, 0.4) is 0 Å². The summed E-state index contributed by atoms with van der Waals surface area (Å²) in [5.41, 5.74) is 3.74. The van der Waals surface area contributed by atoms with Crippen LogP contribution in [-0.4, -0.2) is 24.3 Å². The second-order valence-corrected chi connectivity index (χ2v) is 9.09. The molecule has 4 N–H and O–H groups in total. The predicted molar refractivity (Wildman–Crippen MR) is 137 cm³/mol. The number of hydrogen-bond acceptors (Lipinski definition) is 4. The van der Waals surface area contributed by atoms with Gasteiger partial charge >= 0.3 is 0 Å². The van der Waals surface area contributed by atoms with E-state index in [0.29, 0.717) is 22.6 Å². The van der Waals surface area contributed by atoms with E-state index in [2.05, 4.69) is 21.3 Å². The molecule has 0 saturated carbocycles. The monoisotopic (exact) mass is 458 g/mol. The summed E-state index contributed by atoms with van der Waals surface area (Å²) in [4.78, 5) is 36.9. The van der Waals surface area contributed by atoms with Crippen molar-refractivity contribution < 1.29 is 14.4 Å². The highest BCUT2D eigenvalue weighted by Crippen LogP contribution is 2.20. The molecule has 0 atom stereocenters. The summed E-state index contributed by atoms with van der Waals surface area (Å²) in [5.74, 6) is -0.493. The van der Waals surface area contributed by atoms with Crippen molar-refractivity contribution in [3.05, 3.63) is 83.9 Å². The molecule has 0 spiro atoms. The molecular formula is C27H30N4O3. The van der Waals surface area contributed by atoms with Gasteiger partial charge in [0.25, 0.3) is 5.91 Å². The van der Waals surface area contributed by atoms with Crippen molar-refractivity contribution in [3.63, 3.8) is 0 Å². The molecule has 176 valence electrons. The number of carbonyl (C=O) groups is 3. The van der Waals surface area contributed by atoms with E-state index in [0.717, 1.165) is 11.3 Å². The first-order valence-corrected chi connectivity index (χ1v) is 11.0. The number of anilines is 4. The van der Waals surface area contributed by atoms with E-state index in [1.807, 2.05) is 58.0 Å². The van der Waals surface area contributed by atoms with Gasteiger partial charge in [0.1, 0.15) is 0 Å². The molecule has 7 nitrogen and oxygen atoms in total. The zero-order valence-corrected chi connectivity index (χ0v) is 19.9. The Morgan fingerprint density at radius 2 is 1.32 bits per heavy atom. The predicted octanol–water partition coefficient (Wildman–Crippen LogP) is 5.28. The fourth-order valence-corrected chi connectivity index (χ4v) is 3.04. The lowest BCUT2D eigenvalue weighted by molar-refractivity contribution is -0.123. The standard InChI is InChI=1S/C27H30N4O3/c1-18-7-5-8-19(15-18)25(33)30-21-13-11-20(12-14-21)29-24(32)17-28-22-9-6-10-23(16-22)31-26(34)27(2,3)4/h5-16,28H,17H2,1-4H3,(H,29,32)(H,30,33)(H,31,34). The van der Waals surface area contributed by atoms with Crippen molar-refractivity contribution in [2.24, 2.45) is 5.41 Å². The van der Waals surface area contributed by atoms with Crippen molar-refractivity contribution in [3.8, 4) is 0 Å². The second-order valence-electron chi connectivity index (χ2n) is 9.09. The van der Waals surface area contributed by atoms with Gasteiger partial charge in [-0.05, 0) is 61.5 Å². The number of nitrogens with one attached hydrogen (secondary N) is 4. The van der Waals surface area contributed by atoms with Crippen LogP contribution in [0.25, 0.3) is 0 Å². The number of rotatable bonds is 7. The van der Waals surface area contributed by atoms with Crippen LogP contribution in [0.5, 0.6) is 0 Å². The van der Waals surface area contributed by atoms with Crippen molar-refractivity contribution in [1.82, 2.24) is 0 Å². The molecule has 3 aromatic rings. The number of benzene rings is 3. The Bertz CT molecular complexity index is 1180. The van der Waals surface area contributed by atoms with Gasteiger partial charge in [0.2, 0.25) is 11.8 Å². The van der Waals surface area contributed by atoms with Gasteiger partial charge in [-0.15, -0.1) is 0 Å². The van der Waals surface area contributed by atoms with Gasteiger partial charge < -0.3 is 21.3 Å². The van der Waals surface area contributed by atoms with E-state index in [9.17, 15) is 14.4 Å². The highest BCUT2D eigenvalue weighted by Gasteiger charge is 2.21. The summed E-state index contributed by atoms with van der Waals surface area (Å²) in [7, 11) is 0. The third-order valence-electron chi connectivity index (χ3n) is 4.96. The Morgan fingerprint density at radius 1 is 0.706 bits per heavy atom. The highest BCUT2D eigenvalue weighted by atomic mass is 16.2. The molecule has 3 rings (SSSR count). The second kappa shape index (κ2) is 10.7. The fraction of sp³-hybridized carbons (Fsp3) is 0.222. The summed E-state index contributed by atoms with van der Waals surface area (Å²) >= 11 is 0. The zero-order chi connectivity index (χ0) is 24.7. The molecule has 7 heteroatoms. The number of carbonyl (C=O) groups excluding carboxylic acids is 3. The molecule has 0 radical (unpaired) electrons. The quantitative estimate of drug-likeness (QED) is 0.387. The van der Waals surface area contributed by atoms with Gasteiger partial charge in [-0.25, -0.2) is 0 Å². The van der Waals surface area contributed by atoms with Crippen LogP contribution in [0.2, 0.25) is 0 Å². The average molecular weight is 459 g/mol. The Labute approximate surface area is 200 Å². The van der Waals surface area contributed by atoms with E-state index < -0.39 is 5.41 Å². The minimum Gasteiger partial charge on any atom is -0.376 e. The van der Waals surface area contributed by atoms with Crippen LogP contribution < -0.4 is 21.3 Å². The van der Waals surface area contributed by atoms with E-state index in [1.54, 1.807) is 42.5 Å². The Balaban J connectivity index is 1.50. The molecular weight excluding hydrogens is 428 g/mol.